The van der Waals surface area contributed by atoms with Gasteiger partial charge in [-0.1, -0.05) is 18.2 Å². The van der Waals surface area contributed by atoms with Gasteiger partial charge in [0.1, 0.15) is 5.52 Å². The van der Waals surface area contributed by atoms with Gasteiger partial charge in [0.05, 0.1) is 28.2 Å². The minimum absolute atomic E-state index is 0.124. The fourth-order valence-electron chi connectivity index (χ4n) is 2.25. The molecule has 0 radical (unpaired) electrons. The van der Waals surface area contributed by atoms with Crippen molar-refractivity contribution in [1.29, 1.82) is 0 Å². The summed E-state index contributed by atoms with van der Waals surface area (Å²) < 4.78 is 0. The molecule has 0 aliphatic rings. The number of fused-ring (bicyclic) bond motifs is 2. The number of nitrogens with zero attached hydrogens (tertiary/aromatic N) is 2. The second kappa shape index (κ2) is 4.54. The van der Waals surface area contributed by atoms with Gasteiger partial charge in [-0.05, 0) is 25.1 Å². The number of para-hydroxylation sites is 2. The number of carboxylic acid groups (broad SMARTS) is 1. The maximum Gasteiger partial charge on any atom is 0.337 e. The zero-order valence-corrected chi connectivity index (χ0v) is 10.7. The van der Waals surface area contributed by atoms with E-state index >= 15 is 0 Å². The summed E-state index contributed by atoms with van der Waals surface area (Å²) in [6, 6.07) is 10.2. The Balaban J connectivity index is 2.43. The van der Waals surface area contributed by atoms with Crippen LogP contribution in [0, 0.1) is 0 Å². The number of hydrogen-bond donors (Lipinski definition) is 2. The Labute approximate surface area is 114 Å². The number of benzene rings is 2. The maximum absolute atomic E-state index is 11.2. The van der Waals surface area contributed by atoms with Crippen molar-refractivity contribution in [3.8, 4) is 0 Å². The van der Waals surface area contributed by atoms with Gasteiger partial charge in [-0.25, -0.2) is 14.8 Å². The molecule has 0 saturated carbocycles. The van der Waals surface area contributed by atoms with E-state index in [1.54, 1.807) is 37.3 Å². The lowest BCUT2D eigenvalue weighted by molar-refractivity contribution is 0.0699. The highest BCUT2D eigenvalue weighted by atomic mass is 16.4. The van der Waals surface area contributed by atoms with Gasteiger partial charge < -0.3 is 10.2 Å². The van der Waals surface area contributed by atoms with Gasteiger partial charge in [-0.3, -0.25) is 0 Å². The maximum atomic E-state index is 11.2. The standard InChI is InChI=1S/C15H12N2O3/c1-8(18)9-4-2-6-11-13(9)16-12-7-3-5-10(15(19)20)14(12)17-11/h2-8,18H,1H3,(H,19,20)/t8-/m1/s1. The van der Waals surface area contributed by atoms with Gasteiger partial charge in [0.2, 0.25) is 0 Å². The van der Waals surface area contributed by atoms with Crippen molar-refractivity contribution in [1.82, 2.24) is 9.97 Å². The average Bonchev–Trinajstić information content (AvgIpc) is 2.43. The van der Waals surface area contributed by atoms with Crippen molar-refractivity contribution in [2.24, 2.45) is 0 Å². The van der Waals surface area contributed by atoms with Crippen LogP contribution in [0.2, 0.25) is 0 Å². The zero-order chi connectivity index (χ0) is 14.3. The van der Waals surface area contributed by atoms with E-state index in [-0.39, 0.29) is 5.56 Å². The van der Waals surface area contributed by atoms with Crippen molar-refractivity contribution in [2.75, 3.05) is 0 Å². The van der Waals surface area contributed by atoms with Gasteiger partial charge in [0.15, 0.2) is 0 Å². The number of aromatic nitrogens is 2. The van der Waals surface area contributed by atoms with Gasteiger partial charge in [-0.2, -0.15) is 0 Å². The molecule has 2 N–H and O–H groups in total. The Bertz CT molecular complexity index is 828. The first-order chi connectivity index (χ1) is 9.58. The fourth-order valence-corrected chi connectivity index (χ4v) is 2.25. The van der Waals surface area contributed by atoms with Crippen LogP contribution in [0.5, 0.6) is 0 Å². The quantitative estimate of drug-likeness (QED) is 0.698. The van der Waals surface area contributed by atoms with E-state index in [0.29, 0.717) is 27.6 Å². The van der Waals surface area contributed by atoms with Crippen LogP contribution in [0.4, 0.5) is 0 Å². The predicted molar refractivity (Wildman–Crippen MR) is 74.6 cm³/mol. The largest absolute Gasteiger partial charge is 0.478 e. The summed E-state index contributed by atoms with van der Waals surface area (Å²) in [5, 5.41) is 19.0. The van der Waals surface area contributed by atoms with Crippen molar-refractivity contribution < 1.29 is 15.0 Å². The Hall–Kier alpha value is -2.53. The van der Waals surface area contributed by atoms with Crippen molar-refractivity contribution in [3.05, 3.63) is 47.5 Å². The van der Waals surface area contributed by atoms with Crippen LogP contribution in [0.1, 0.15) is 28.9 Å². The molecule has 0 fully saturated rings. The summed E-state index contributed by atoms with van der Waals surface area (Å²) >= 11 is 0. The Morgan fingerprint density at radius 3 is 2.30 bits per heavy atom. The molecule has 0 spiro atoms. The number of rotatable bonds is 2. The third kappa shape index (κ3) is 1.88. The molecule has 0 bridgehead atoms. The van der Waals surface area contributed by atoms with Crippen molar-refractivity contribution in [3.63, 3.8) is 0 Å². The first-order valence-electron chi connectivity index (χ1n) is 6.18. The van der Waals surface area contributed by atoms with E-state index < -0.39 is 12.1 Å². The number of hydrogen-bond acceptors (Lipinski definition) is 4. The first-order valence-corrected chi connectivity index (χ1v) is 6.18. The summed E-state index contributed by atoms with van der Waals surface area (Å²) in [7, 11) is 0. The molecule has 0 aliphatic heterocycles. The minimum atomic E-state index is -1.03. The van der Waals surface area contributed by atoms with E-state index in [1.165, 1.54) is 6.07 Å². The lowest BCUT2D eigenvalue weighted by Crippen LogP contribution is -2.01. The highest BCUT2D eigenvalue weighted by molar-refractivity contribution is 6.02. The Morgan fingerprint density at radius 2 is 1.65 bits per heavy atom. The molecule has 1 aromatic heterocycles. The molecule has 5 heteroatoms. The van der Waals surface area contributed by atoms with Crippen LogP contribution >= 0.6 is 0 Å². The molecular weight excluding hydrogens is 256 g/mol. The van der Waals surface area contributed by atoms with E-state index in [1.807, 2.05) is 0 Å². The number of aliphatic hydroxyl groups is 1. The molecule has 0 saturated heterocycles. The SMILES string of the molecule is C[C@@H](O)c1cccc2nc3c(C(=O)O)cccc3nc12. The molecule has 5 nitrogen and oxygen atoms in total. The Morgan fingerprint density at radius 1 is 1.05 bits per heavy atom. The number of carbonyl (C=O) groups is 1. The highest BCUT2D eigenvalue weighted by Gasteiger charge is 2.14. The van der Waals surface area contributed by atoms with Crippen LogP contribution < -0.4 is 0 Å². The van der Waals surface area contributed by atoms with E-state index in [4.69, 9.17) is 0 Å². The third-order valence-electron chi connectivity index (χ3n) is 3.21. The molecule has 1 atom stereocenters. The number of aromatic carboxylic acids is 1. The molecule has 100 valence electrons. The van der Waals surface area contributed by atoms with Gasteiger partial charge in [0, 0.05) is 5.56 Å². The monoisotopic (exact) mass is 268 g/mol. The molecule has 2 aromatic carbocycles. The van der Waals surface area contributed by atoms with Crippen LogP contribution in [0.3, 0.4) is 0 Å². The van der Waals surface area contributed by atoms with Gasteiger partial charge in [-0.15, -0.1) is 0 Å². The summed E-state index contributed by atoms with van der Waals surface area (Å²) in [5.41, 5.74) is 2.83. The van der Waals surface area contributed by atoms with Crippen molar-refractivity contribution >= 4 is 28.0 Å². The lowest BCUT2D eigenvalue weighted by Gasteiger charge is -2.09. The van der Waals surface area contributed by atoms with E-state index in [2.05, 4.69) is 9.97 Å². The second-order valence-electron chi connectivity index (χ2n) is 4.59. The summed E-state index contributed by atoms with van der Waals surface area (Å²) in [6.45, 7) is 1.66. The van der Waals surface area contributed by atoms with Crippen LogP contribution in [-0.4, -0.2) is 26.2 Å². The fraction of sp³-hybridized carbons (Fsp3) is 0.133. The van der Waals surface area contributed by atoms with Crippen LogP contribution in [0.25, 0.3) is 22.1 Å². The topological polar surface area (TPSA) is 83.3 Å². The lowest BCUT2D eigenvalue weighted by atomic mass is 10.1. The molecule has 0 amide bonds. The minimum Gasteiger partial charge on any atom is -0.478 e. The Kier molecular flexibility index (Phi) is 2.84. The summed E-state index contributed by atoms with van der Waals surface area (Å²) in [4.78, 5) is 20.1. The van der Waals surface area contributed by atoms with Gasteiger partial charge in [0.25, 0.3) is 0 Å². The molecule has 20 heavy (non-hydrogen) atoms. The van der Waals surface area contributed by atoms with Crippen LogP contribution in [0.15, 0.2) is 36.4 Å². The number of aliphatic hydroxyl groups excluding tert-OH is 1. The van der Waals surface area contributed by atoms with Crippen LogP contribution in [-0.2, 0) is 0 Å². The zero-order valence-electron chi connectivity index (χ0n) is 10.7. The predicted octanol–water partition coefficient (Wildman–Crippen LogP) is 2.53. The first kappa shape index (κ1) is 12.5. The molecule has 3 rings (SSSR count). The second-order valence-corrected chi connectivity index (χ2v) is 4.59. The third-order valence-corrected chi connectivity index (χ3v) is 3.21. The summed E-state index contributed by atoms with van der Waals surface area (Å²) in [6.07, 6.45) is -0.659. The smallest absolute Gasteiger partial charge is 0.337 e. The average molecular weight is 268 g/mol. The molecule has 3 aromatic rings. The molecule has 0 aliphatic carbocycles. The highest BCUT2D eigenvalue weighted by Crippen LogP contribution is 2.25. The summed E-state index contributed by atoms with van der Waals surface area (Å²) in [5.74, 6) is -1.03. The molecule has 0 unspecified atom stereocenters. The van der Waals surface area contributed by atoms with E-state index in [9.17, 15) is 15.0 Å². The van der Waals surface area contributed by atoms with Crippen molar-refractivity contribution in [2.45, 2.75) is 13.0 Å². The van der Waals surface area contributed by atoms with E-state index in [0.717, 1.165) is 0 Å². The molecule has 1 heterocycles. The van der Waals surface area contributed by atoms with Gasteiger partial charge >= 0.3 is 5.97 Å². The molecular formula is C15H12N2O3. The number of carboxylic acids is 1. The normalized spacial score (nSPS) is 12.7.